The van der Waals surface area contributed by atoms with E-state index in [1.165, 1.54) is 12.8 Å². The van der Waals surface area contributed by atoms with Crippen molar-refractivity contribution in [2.45, 2.75) is 71.0 Å². The number of carbonyl (C=O) groups is 2. The van der Waals surface area contributed by atoms with Gasteiger partial charge in [-0.15, -0.1) is 0 Å². The molecule has 2 heterocycles. The lowest BCUT2D eigenvalue weighted by Crippen LogP contribution is -2.66. The lowest BCUT2D eigenvalue weighted by molar-refractivity contribution is -0.164. The minimum absolute atomic E-state index is 0.167. The van der Waals surface area contributed by atoms with Crippen LogP contribution in [0.1, 0.15) is 52.9 Å². The third-order valence-electron chi connectivity index (χ3n) is 5.11. The summed E-state index contributed by atoms with van der Waals surface area (Å²) in [4.78, 5) is 29.4. The predicted molar refractivity (Wildman–Crippen MR) is 77.0 cm³/mol. The molecule has 0 aromatic carbocycles. The number of hydrogen-bond donors (Lipinski definition) is 0. The van der Waals surface area contributed by atoms with Gasteiger partial charge in [-0.3, -0.25) is 9.59 Å². The monoisotopic (exact) mass is 278 g/mol. The van der Waals surface area contributed by atoms with Crippen molar-refractivity contribution in [1.29, 1.82) is 0 Å². The average molecular weight is 278 g/mol. The van der Waals surface area contributed by atoms with E-state index in [4.69, 9.17) is 0 Å². The molecule has 4 nitrogen and oxygen atoms in total. The number of hydrogen-bond acceptors (Lipinski definition) is 2. The molecule has 3 atom stereocenters. The second-order valence-electron chi connectivity index (χ2n) is 7.15. The van der Waals surface area contributed by atoms with Gasteiger partial charge in [0.25, 0.3) is 0 Å². The van der Waals surface area contributed by atoms with Crippen molar-refractivity contribution in [3.05, 3.63) is 0 Å². The molecular weight excluding hydrogens is 252 g/mol. The topological polar surface area (TPSA) is 40.6 Å². The zero-order chi connectivity index (χ0) is 14.4. The Hall–Kier alpha value is -1.06. The van der Waals surface area contributed by atoms with E-state index >= 15 is 0 Å². The molecule has 3 aliphatic rings. The number of rotatable bonds is 4. The molecule has 0 radical (unpaired) electrons. The van der Waals surface area contributed by atoms with Gasteiger partial charge in [-0.25, -0.2) is 0 Å². The first-order chi connectivity index (χ1) is 9.50. The molecule has 2 aliphatic heterocycles. The molecular formula is C16H26N2O2. The molecule has 2 saturated heterocycles. The highest BCUT2D eigenvalue weighted by atomic mass is 16.2. The van der Waals surface area contributed by atoms with E-state index in [0.717, 1.165) is 31.7 Å². The van der Waals surface area contributed by atoms with Gasteiger partial charge in [0.05, 0.1) is 0 Å². The Morgan fingerprint density at radius 1 is 1.10 bits per heavy atom. The molecule has 3 fully saturated rings. The Kier molecular flexibility index (Phi) is 3.51. The summed E-state index contributed by atoms with van der Waals surface area (Å²) >= 11 is 0. The molecule has 3 unspecified atom stereocenters. The molecule has 1 aliphatic carbocycles. The van der Waals surface area contributed by atoms with Gasteiger partial charge in [0.15, 0.2) is 0 Å². The highest BCUT2D eigenvalue weighted by Gasteiger charge is 2.50. The SMILES string of the molecule is CC(C)C1C(=O)N2CCCC2C(=O)N1C(C)CC1CC1. The molecule has 0 N–H and O–H groups in total. The van der Waals surface area contributed by atoms with Gasteiger partial charge in [0.1, 0.15) is 12.1 Å². The number of nitrogens with zero attached hydrogens (tertiary/aromatic N) is 2. The minimum Gasteiger partial charge on any atom is -0.329 e. The number of fused-ring (bicyclic) bond motifs is 1. The molecule has 0 aromatic rings. The maximum absolute atomic E-state index is 12.8. The van der Waals surface area contributed by atoms with Crippen LogP contribution in [0.25, 0.3) is 0 Å². The van der Waals surface area contributed by atoms with Crippen molar-refractivity contribution < 1.29 is 9.59 Å². The van der Waals surface area contributed by atoms with Crippen LogP contribution in [-0.2, 0) is 9.59 Å². The van der Waals surface area contributed by atoms with Crippen molar-refractivity contribution in [2.75, 3.05) is 6.54 Å². The van der Waals surface area contributed by atoms with E-state index in [2.05, 4.69) is 20.8 Å². The van der Waals surface area contributed by atoms with E-state index in [1.54, 1.807) is 0 Å². The van der Waals surface area contributed by atoms with Crippen LogP contribution in [0.5, 0.6) is 0 Å². The van der Waals surface area contributed by atoms with Gasteiger partial charge in [-0.2, -0.15) is 0 Å². The summed E-state index contributed by atoms with van der Waals surface area (Å²) in [6.45, 7) is 7.01. The van der Waals surface area contributed by atoms with Crippen LogP contribution >= 0.6 is 0 Å². The molecule has 112 valence electrons. The van der Waals surface area contributed by atoms with E-state index in [1.807, 2.05) is 9.80 Å². The summed E-state index contributed by atoms with van der Waals surface area (Å²) in [6, 6.07) is -0.209. The minimum atomic E-state index is -0.245. The van der Waals surface area contributed by atoms with Crippen LogP contribution in [0, 0.1) is 11.8 Å². The van der Waals surface area contributed by atoms with Crippen LogP contribution < -0.4 is 0 Å². The largest absolute Gasteiger partial charge is 0.329 e. The Morgan fingerprint density at radius 3 is 2.40 bits per heavy atom. The fourth-order valence-corrected chi connectivity index (χ4v) is 3.93. The lowest BCUT2D eigenvalue weighted by atomic mass is 9.93. The maximum Gasteiger partial charge on any atom is 0.246 e. The van der Waals surface area contributed by atoms with Gasteiger partial charge in [0, 0.05) is 12.6 Å². The van der Waals surface area contributed by atoms with Crippen molar-refractivity contribution in [3.8, 4) is 0 Å². The van der Waals surface area contributed by atoms with Crippen LogP contribution in [-0.4, -0.2) is 46.3 Å². The first-order valence-corrected chi connectivity index (χ1v) is 8.13. The molecule has 0 spiro atoms. The molecule has 20 heavy (non-hydrogen) atoms. The van der Waals surface area contributed by atoms with E-state index in [0.29, 0.717) is 0 Å². The molecule has 2 amide bonds. The highest BCUT2D eigenvalue weighted by Crippen LogP contribution is 2.37. The summed E-state index contributed by atoms with van der Waals surface area (Å²) in [5.74, 6) is 1.36. The molecule has 0 aromatic heterocycles. The van der Waals surface area contributed by atoms with Crippen molar-refractivity contribution >= 4 is 11.8 Å². The van der Waals surface area contributed by atoms with Gasteiger partial charge in [-0.1, -0.05) is 26.7 Å². The summed E-state index contributed by atoms with van der Waals surface area (Å²) in [5, 5.41) is 0. The predicted octanol–water partition coefficient (Wildman–Crippen LogP) is 2.03. The Morgan fingerprint density at radius 2 is 1.80 bits per heavy atom. The average Bonchev–Trinajstić information content (AvgIpc) is 3.05. The standard InChI is InChI=1S/C16H26N2O2/c1-10(2)14-16(20)17-8-4-5-13(17)15(19)18(14)11(3)9-12-6-7-12/h10-14H,4-9H2,1-3H3. The third kappa shape index (κ3) is 2.23. The van der Waals surface area contributed by atoms with Gasteiger partial charge >= 0.3 is 0 Å². The Labute approximate surface area is 121 Å². The fourth-order valence-electron chi connectivity index (χ4n) is 3.93. The van der Waals surface area contributed by atoms with Gasteiger partial charge in [0.2, 0.25) is 11.8 Å². The van der Waals surface area contributed by atoms with E-state index in [-0.39, 0.29) is 35.9 Å². The van der Waals surface area contributed by atoms with Crippen LogP contribution in [0.3, 0.4) is 0 Å². The van der Waals surface area contributed by atoms with Gasteiger partial charge < -0.3 is 9.80 Å². The molecule has 0 bridgehead atoms. The Bertz CT molecular complexity index is 417. The van der Waals surface area contributed by atoms with Crippen molar-refractivity contribution in [3.63, 3.8) is 0 Å². The summed E-state index contributed by atoms with van der Waals surface area (Å²) < 4.78 is 0. The number of piperazine rings is 1. The molecule has 3 rings (SSSR count). The summed E-state index contributed by atoms with van der Waals surface area (Å²) in [6.07, 6.45) is 5.47. The molecule has 1 saturated carbocycles. The third-order valence-corrected chi connectivity index (χ3v) is 5.11. The van der Waals surface area contributed by atoms with Crippen LogP contribution in [0.2, 0.25) is 0 Å². The Balaban J connectivity index is 1.86. The highest BCUT2D eigenvalue weighted by molar-refractivity contribution is 5.97. The van der Waals surface area contributed by atoms with Crippen LogP contribution in [0.4, 0.5) is 0 Å². The van der Waals surface area contributed by atoms with Crippen molar-refractivity contribution in [2.24, 2.45) is 11.8 Å². The van der Waals surface area contributed by atoms with Crippen LogP contribution in [0.15, 0.2) is 0 Å². The van der Waals surface area contributed by atoms with E-state index in [9.17, 15) is 9.59 Å². The van der Waals surface area contributed by atoms with Gasteiger partial charge in [-0.05, 0) is 38.0 Å². The number of amides is 2. The maximum atomic E-state index is 12.8. The normalized spacial score (nSPS) is 32.0. The second kappa shape index (κ2) is 5.05. The summed E-state index contributed by atoms with van der Waals surface area (Å²) in [7, 11) is 0. The fraction of sp³-hybridized carbons (Fsp3) is 0.875. The van der Waals surface area contributed by atoms with E-state index < -0.39 is 0 Å². The zero-order valence-electron chi connectivity index (χ0n) is 12.8. The summed E-state index contributed by atoms with van der Waals surface area (Å²) in [5.41, 5.74) is 0. The quantitative estimate of drug-likeness (QED) is 0.789. The number of carbonyl (C=O) groups excluding carboxylic acids is 2. The second-order valence-corrected chi connectivity index (χ2v) is 7.15. The first kappa shape index (κ1) is 13.9. The zero-order valence-corrected chi connectivity index (χ0v) is 12.8. The van der Waals surface area contributed by atoms with Crippen molar-refractivity contribution in [1.82, 2.24) is 9.80 Å². The lowest BCUT2D eigenvalue weighted by Gasteiger charge is -2.46. The smallest absolute Gasteiger partial charge is 0.246 e. The molecule has 4 heteroatoms. The first-order valence-electron chi connectivity index (χ1n) is 8.13.